The van der Waals surface area contributed by atoms with Crippen LogP contribution in [0.2, 0.25) is 10.0 Å². The lowest BCUT2D eigenvalue weighted by Crippen LogP contribution is -2.25. The summed E-state index contributed by atoms with van der Waals surface area (Å²) in [6.07, 6.45) is 0. The molecule has 3 aromatic rings. The molecule has 0 fully saturated rings. The van der Waals surface area contributed by atoms with Gasteiger partial charge in [-0.2, -0.15) is 0 Å². The maximum absolute atomic E-state index is 13.7. The Balaban J connectivity index is 1.54. The van der Waals surface area contributed by atoms with Gasteiger partial charge in [0.15, 0.2) is 11.0 Å². The van der Waals surface area contributed by atoms with Gasteiger partial charge in [-0.1, -0.05) is 47.1 Å². The van der Waals surface area contributed by atoms with E-state index in [4.69, 9.17) is 23.2 Å². The first kappa shape index (κ1) is 22.1. The largest absolute Gasteiger partial charge is 0.345 e. The molecule has 3 rings (SSSR count). The summed E-state index contributed by atoms with van der Waals surface area (Å²) in [6, 6.07) is 10.5. The fourth-order valence-electron chi connectivity index (χ4n) is 2.43. The zero-order valence-corrected chi connectivity index (χ0v) is 18.0. The van der Waals surface area contributed by atoms with Gasteiger partial charge >= 0.3 is 0 Å². The fourth-order valence-corrected chi connectivity index (χ4v) is 3.62. The first-order valence-corrected chi connectivity index (χ1v) is 10.4. The zero-order chi connectivity index (χ0) is 21.7. The average Bonchev–Trinajstić information content (AvgIpc) is 3.06. The molecule has 0 atom stereocenters. The number of hydrogen-bond acceptors (Lipinski definition) is 5. The molecule has 30 heavy (non-hydrogen) atoms. The molecule has 2 amide bonds. The van der Waals surface area contributed by atoms with E-state index in [1.807, 2.05) is 0 Å². The number of amides is 2. The number of rotatable bonds is 7. The van der Waals surface area contributed by atoms with Crippen LogP contribution in [0.1, 0.15) is 16.2 Å². The second kappa shape index (κ2) is 9.92. The molecule has 0 bridgehead atoms. The number of thioether (sulfide) groups is 1. The predicted molar refractivity (Wildman–Crippen MR) is 114 cm³/mol. The Labute approximate surface area is 186 Å². The van der Waals surface area contributed by atoms with Crippen molar-refractivity contribution in [2.24, 2.45) is 7.05 Å². The number of hydrogen-bond donors (Lipinski definition) is 2. The molecule has 0 saturated heterocycles. The number of carbonyl (C=O) groups is 2. The van der Waals surface area contributed by atoms with E-state index in [0.29, 0.717) is 26.7 Å². The van der Waals surface area contributed by atoms with Crippen molar-refractivity contribution in [2.45, 2.75) is 11.7 Å². The van der Waals surface area contributed by atoms with E-state index in [9.17, 15) is 14.0 Å². The van der Waals surface area contributed by atoms with Crippen molar-refractivity contribution in [3.05, 3.63) is 69.7 Å². The molecule has 1 aromatic heterocycles. The summed E-state index contributed by atoms with van der Waals surface area (Å²) in [6.45, 7) is 0.0593. The van der Waals surface area contributed by atoms with Crippen molar-refractivity contribution in [3.8, 4) is 0 Å². The van der Waals surface area contributed by atoms with Crippen molar-refractivity contribution in [1.82, 2.24) is 20.1 Å². The first-order chi connectivity index (χ1) is 14.3. The summed E-state index contributed by atoms with van der Waals surface area (Å²) >= 11 is 13.1. The monoisotopic (exact) mass is 467 g/mol. The number of halogens is 3. The van der Waals surface area contributed by atoms with Crippen LogP contribution in [0, 0.1) is 5.82 Å². The third-order valence-corrected chi connectivity index (χ3v) is 5.56. The van der Waals surface area contributed by atoms with Gasteiger partial charge in [-0.15, -0.1) is 10.2 Å². The minimum absolute atomic E-state index is 0.0493. The lowest BCUT2D eigenvalue weighted by molar-refractivity contribution is -0.113. The molecular weight excluding hydrogens is 452 g/mol. The minimum atomic E-state index is -0.601. The lowest BCUT2D eigenvalue weighted by atomic mass is 10.2. The standard InChI is InChI=1S/C19H16Cl2FN5O2S/c1-27-16(9-23-18(29)12-4-2-3-5-14(12)22)25-26-19(27)30-10-17(28)24-15-7-6-11(20)8-13(15)21/h2-8H,9-10H2,1H3,(H,23,29)(H,24,28). The summed E-state index contributed by atoms with van der Waals surface area (Å²) in [5.41, 5.74) is 0.410. The van der Waals surface area contributed by atoms with Gasteiger partial charge in [0.25, 0.3) is 5.91 Å². The molecule has 11 heteroatoms. The van der Waals surface area contributed by atoms with Gasteiger partial charge in [0.1, 0.15) is 5.82 Å². The Bertz CT molecular complexity index is 1090. The number of nitrogens with one attached hydrogen (secondary N) is 2. The summed E-state index contributed by atoms with van der Waals surface area (Å²) in [5.74, 6) is -0.891. The van der Waals surface area contributed by atoms with Gasteiger partial charge in [-0.05, 0) is 30.3 Å². The van der Waals surface area contributed by atoms with Crippen LogP contribution in [0.3, 0.4) is 0 Å². The van der Waals surface area contributed by atoms with Crippen LogP contribution in [0.25, 0.3) is 0 Å². The van der Waals surface area contributed by atoms with Crippen molar-refractivity contribution in [2.75, 3.05) is 11.1 Å². The maximum Gasteiger partial charge on any atom is 0.254 e. The summed E-state index contributed by atoms with van der Waals surface area (Å²) < 4.78 is 15.3. The highest BCUT2D eigenvalue weighted by atomic mass is 35.5. The Kier molecular flexibility index (Phi) is 7.30. The molecule has 1 heterocycles. The van der Waals surface area contributed by atoms with E-state index < -0.39 is 11.7 Å². The second-order valence-corrected chi connectivity index (χ2v) is 7.87. The molecule has 2 N–H and O–H groups in total. The van der Waals surface area contributed by atoms with Gasteiger partial charge < -0.3 is 15.2 Å². The molecule has 0 saturated carbocycles. The maximum atomic E-state index is 13.7. The van der Waals surface area contributed by atoms with Gasteiger partial charge in [0.2, 0.25) is 5.91 Å². The molecule has 0 unspecified atom stereocenters. The van der Waals surface area contributed by atoms with E-state index >= 15 is 0 Å². The molecule has 0 radical (unpaired) electrons. The Morgan fingerprint density at radius 1 is 1.17 bits per heavy atom. The zero-order valence-electron chi connectivity index (χ0n) is 15.7. The lowest BCUT2D eigenvalue weighted by Gasteiger charge is -2.08. The highest BCUT2D eigenvalue weighted by Gasteiger charge is 2.15. The van der Waals surface area contributed by atoms with E-state index in [-0.39, 0.29) is 23.8 Å². The molecule has 0 spiro atoms. The van der Waals surface area contributed by atoms with Gasteiger partial charge in [-0.3, -0.25) is 9.59 Å². The van der Waals surface area contributed by atoms with E-state index in [1.165, 1.54) is 36.0 Å². The summed E-state index contributed by atoms with van der Waals surface area (Å²) in [7, 11) is 1.71. The van der Waals surface area contributed by atoms with E-state index in [1.54, 1.807) is 29.8 Å². The number of aromatic nitrogens is 3. The fraction of sp³-hybridized carbons (Fsp3) is 0.158. The summed E-state index contributed by atoms with van der Waals surface area (Å²) in [4.78, 5) is 24.3. The van der Waals surface area contributed by atoms with Crippen LogP contribution in [0.5, 0.6) is 0 Å². The van der Waals surface area contributed by atoms with Crippen LogP contribution >= 0.6 is 35.0 Å². The van der Waals surface area contributed by atoms with Crippen molar-refractivity contribution in [1.29, 1.82) is 0 Å². The van der Waals surface area contributed by atoms with Gasteiger partial charge in [-0.25, -0.2) is 4.39 Å². The van der Waals surface area contributed by atoms with Gasteiger partial charge in [0.05, 0.1) is 28.6 Å². The molecule has 0 aliphatic heterocycles. The Morgan fingerprint density at radius 3 is 2.67 bits per heavy atom. The molecule has 7 nitrogen and oxygen atoms in total. The topological polar surface area (TPSA) is 88.9 Å². The van der Waals surface area contributed by atoms with Crippen LogP contribution in [0.4, 0.5) is 10.1 Å². The smallest absolute Gasteiger partial charge is 0.254 e. The third kappa shape index (κ3) is 5.50. The summed E-state index contributed by atoms with van der Waals surface area (Å²) in [5, 5.41) is 14.6. The minimum Gasteiger partial charge on any atom is -0.345 e. The van der Waals surface area contributed by atoms with Gasteiger partial charge in [0, 0.05) is 12.1 Å². The SMILES string of the molecule is Cn1c(CNC(=O)c2ccccc2F)nnc1SCC(=O)Nc1ccc(Cl)cc1Cl. The highest BCUT2D eigenvalue weighted by Crippen LogP contribution is 2.26. The molecule has 0 aliphatic rings. The number of anilines is 1. The number of carbonyl (C=O) groups excluding carboxylic acids is 2. The van der Waals surface area contributed by atoms with E-state index in [0.717, 1.165) is 0 Å². The Morgan fingerprint density at radius 2 is 1.93 bits per heavy atom. The highest BCUT2D eigenvalue weighted by molar-refractivity contribution is 7.99. The van der Waals surface area contributed by atoms with Crippen LogP contribution in [-0.4, -0.2) is 32.3 Å². The first-order valence-electron chi connectivity index (χ1n) is 8.64. The molecule has 156 valence electrons. The third-order valence-electron chi connectivity index (χ3n) is 3.99. The van der Waals surface area contributed by atoms with Crippen LogP contribution in [-0.2, 0) is 18.4 Å². The predicted octanol–water partition coefficient (Wildman–Crippen LogP) is 3.92. The normalized spacial score (nSPS) is 10.7. The average molecular weight is 468 g/mol. The number of nitrogens with zero attached hydrogens (tertiary/aromatic N) is 3. The molecule has 2 aromatic carbocycles. The Hall–Kier alpha value is -2.62. The molecule has 0 aliphatic carbocycles. The molecular formula is C19H16Cl2FN5O2S. The number of benzene rings is 2. The van der Waals surface area contributed by atoms with Crippen molar-refractivity contribution in [3.63, 3.8) is 0 Å². The van der Waals surface area contributed by atoms with E-state index in [2.05, 4.69) is 20.8 Å². The van der Waals surface area contributed by atoms with Crippen molar-refractivity contribution >= 4 is 52.5 Å². The van der Waals surface area contributed by atoms with Crippen molar-refractivity contribution < 1.29 is 14.0 Å². The van der Waals surface area contributed by atoms with Crippen LogP contribution in [0.15, 0.2) is 47.6 Å². The second-order valence-electron chi connectivity index (χ2n) is 6.08. The quantitative estimate of drug-likeness (QED) is 0.514. The van der Waals surface area contributed by atoms with Crippen LogP contribution < -0.4 is 10.6 Å².